The van der Waals surface area contributed by atoms with Gasteiger partial charge in [-0.05, 0) is 43.2 Å². The number of amides is 1. The molecule has 3 rings (SSSR count). The van der Waals surface area contributed by atoms with E-state index in [0.717, 1.165) is 12.8 Å². The largest absolute Gasteiger partial charge is 0.296 e. The summed E-state index contributed by atoms with van der Waals surface area (Å²) in [5.74, 6) is -0.00536. The molecule has 1 fully saturated rings. The maximum Gasteiger partial charge on any atom is 0.259 e. The van der Waals surface area contributed by atoms with Gasteiger partial charge in [0.1, 0.15) is 0 Å². The number of aromatic nitrogens is 2. The molecule has 1 aliphatic rings. The van der Waals surface area contributed by atoms with Gasteiger partial charge >= 0.3 is 0 Å². The van der Waals surface area contributed by atoms with Gasteiger partial charge in [-0.25, -0.2) is 8.42 Å². The van der Waals surface area contributed by atoms with Gasteiger partial charge in [0.2, 0.25) is 15.2 Å². The van der Waals surface area contributed by atoms with E-state index >= 15 is 0 Å². The minimum atomic E-state index is -3.66. The fraction of sp³-hybridized carbons (Fsp3) is 0.438. The lowest BCUT2D eigenvalue weighted by atomic mass is 10.0. The molecule has 0 unspecified atom stereocenters. The van der Waals surface area contributed by atoms with Crippen molar-refractivity contribution in [3.63, 3.8) is 0 Å². The predicted molar refractivity (Wildman–Crippen MR) is 108 cm³/mol. The van der Waals surface area contributed by atoms with Crippen molar-refractivity contribution >= 4 is 55.8 Å². The van der Waals surface area contributed by atoms with Crippen LogP contribution in [0.1, 0.15) is 30.1 Å². The normalized spacial score (nSPS) is 16.4. The lowest BCUT2D eigenvalue weighted by Crippen LogP contribution is -2.37. The van der Waals surface area contributed by atoms with E-state index in [2.05, 4.69) is 22.4 Å². The smallest absolute Gasteiger partial charge is 0.259 e. The number of piperidine rings is 1. The number of anilines is 1. The quantitative estimate of drug-likeness (QED) is 0.557. The Labute approximate surface area is 171 Å². The second kappa shape index (κ2) is 8.44. The summed E-state index contributed by atoms with van der Waals surface area (Å²) in [4.78, 5) is 12.6. The zero-order valence-corrected chi connectivity index (χ0v) is 18.0. The van der Waals surface area contributed by atoms with Gasteiger partial charge in [-0.15, -0.1) is 10.2 Å². The predicted octanol–water partition coefficient (Wildman–Crippen LogP) is 3.59. The highest BCUT2D eigenvalue weighted by molar-refractivity contribution is 8.00. The van der Waals surface area contributed by atoms with Crippen molar-refractivity contribution < 1.29 is 13.2 Å². The zero-order valence-electron chi connectivity index (χ0n) is 14.8. The van der Waals surface area contributed by atoms with E-state index in [1.54, 1.807) is 0 Å². The van der Waals surface area contributed by atoms with Gasteiger partial charge in [-0.3, -0.25) is 10.1 Å². The molecule has 0 bridgehead atoms. The van der Waals surface area contributed by atoms with E-state index in [1.165, 1.54) is 45.6 Å². The summed E-state index contributed by atoms with van der Waals surface area (Å²) < 4.78 is 28.0. The van der Waals surface area contributed by atoms with Crippen LogP contribution in [0.25, 0.3) is 0 Å². The number of nitrogens with one attached hydrogen (secondary N) is 1. The van der Waals surface area contributed by atoms with E-state index < -0.39 is 15.9 Å². The number of hydrogen-bond donors (Lipinski definition) is 1. The highest BCUT2D eigenvalue weighted by atomic mass is 35.5. The Morgan fingerprint density at radius 1 is 1.33 bits per heavy atom. The number of rotatable bonds is 5. The molecule has 27 heavy (non-hydrogen) atoms. The summed E-state index contributed by atoms with van der Waals surface area (Å²) in [7, 11) is -3.66. The summed E-state index contributed by atoms with van der Waals surface area (Å²) in [6.45, 7) is 3.08. The highest BCUT2D eigenvalue weighted by Gasteiger charge is 2.29. The first kappa shape index (κ1) is 20.5. The van der Waals surface area contributed by atoms with Crippen LogP contribution in [0.4, 0.5) is 5.13 Å². The van der Waals surface area contributed by atoms with Crippen LogP contribution in [0, 0.1) is 5.92 Å². The Kier molecular flexibility index (Phi) is 6.42. The molecule has 0 aliphatic carbocycles. The molecule has 1 aliphatic heterocycles. The lowest BCUT2D eigenvalue weighted by Gasteiger charge is -2.29. The average molecular weight is 447 g/mol. The van der Waals surface area contributed by atoms with Gasteiger partial charge < -0.3 is 0 Å². The first-order valence-corrected chi connectivity index (χ1v) is 12.2. The average Bonchev–Trinajstić information content (AvgIpc) is 3.09. The third-order valence-corrected chi connectivity index (χ3v) is 8.40. The van der Waals surface area contributed by atoms with E-state index in [1.807, 2.05) is 6.26 Å². The molecule has 1 aromatic carbocycles. The van der Waals surface area contributed by atoms with Crippen molar-refractivity contribution in [2.75, 3.05) is 24.7 Å². The summed E-state index contributed by atoms with van der Waals surface area (Å²) in [6, 6.07) is 4.19. The molecule has 0 saturated carbocycles. The van der Waals surface area contributed by atoms with E-state index in [9.17, 15) is 13.2 Å². The zero-order chi connectivity index (χ0) is 19.6. The van der Waals surface area contributed by atoms with Crippen LogP contribution in [0.15, 0.2) is 27.4 Å². The summed E-state index contributed by atoms with van der Waals surface area (Å²) in [5, 5.41) is 10.9. The number of thioether (sulfide) groups is 1. The molecular formula is C16H19ClN4O3S3. The van der Waals surface area contributed by atoms with Crippen molar-refractivity contribution in [3.8, 4) is 0 Å². The molecule has 1 saturated heterocycles. The van der Waals surface area contributed by atoms with Crippen LogP contribution < -0.4 is 5.32 Å². The maximum atomic E-state index is 12.9. The first-order chi connectivity index (χ1) is 12.8. The molecule has 0 radical (unpaired) electrons. The van der Waals surface area contributed by atoms with Crippen LogP contribution in [-0.4, -0.2) is 48.2 Å². The van der Waals surface area contributed by atoms with Crippen LogP contribution in [0.2, 0.25) is 5.02 Å². The van der Waals surface area contributed by atoms with Crippen molar-refractivity contribution in [3.05, 3.63) is 28.8 Å². The van der Waals surface area contributed by atoms with Gasteiger partial charge in [-0.1, -0.05) is 41.6 Å². The van der Waals surface area contributed by atoms with E-state index in [4.69, 9.17) is 11.6 Å². The van der Waals surface area contributed by atoms with Gasteiger partial charge in [0.25, 0.3) is 5.91 Å². The van der Waals surface area contributed by atoms with Gasteiger partial charge in [-0.2, -0.15) is 4.31 Å². The third-order valence-electron chi connectivity index (χ3n) is 4.36. The highest BCUT2D eigenvalue weighted by Crippen LogP contribution is 2.28. The standard InChI is InChI=1S/C16H19ClN4O3S3/c1-10-5-7-21(8-6-10)27(23,24)11-3-4-13(17)12(9-11)14(22)18-15-19-20-16(25-2)26-15/h3-4,9-10H,5-8H2,1-2H3,(H,18,19,22). The lowest BCUT2D eigenvalue weighted by molar-refractivity contribution is 0.102. The monoisotopic (exact) mass is 446 g/mol. The summed E-state index contributed by atoms with van der Waals surface area (Å²) in [6.07, 6.45) is 3.52. The van der Waals surface area contributed by atoms with Crippen molar-refractivity contribution in [1.29, 1.82) is 0 Å². The molecule has 0 spiro atoms. The molecule has 2 aromatic rings. The van der Waals surface area contributed by atoms with Crippen LogP contribution in [0.5, 0.6) is 0 Å². The Bertz CT molecular complexity index is 940. The molecule has 7 nitrogen and oxygen atoms in total. The molecule has 1 N–H and O–H groups in total. The molecular weight excluding hydrogens is 428 g/mol. The SMILES string of the molecule is CSc1nnc(NC(=O)c2cc(S(=O)(=O)N3CCC(C)CC3)ccc2Cl)s1. The van der Waals surface area contributed by atoms with Crippen LogP contribution in [-0.2, 0) is 10.0 Å². The Morgan fingerprint density at radius 2 is 2.04 bits per heavy atom. The number of hydrogen-bond acceptors (Lipinski definition) is 7. The minimum absolute atomic E-state index is 0.0636. The molecule has 1 amide bonds. The second-order valence-electron chi connectivity index (χ2n) is 6.26. The van der Waals surface area contributed by atoms with Crippen molar-refractivity contribution in [2.24, 2.45) is 5.92 Å². The Hall–Kier alpha value is -1.20. The number of carbonyl (C=O) groups is 1. The number of sulfonamides is 1. The number of halogens is 1. The number of nitrogens with zero attached hydrogens (tertiary/aromatic N) is 3. The minimum Gasteiger partial charge on any atom is -0.296 e. The first-order valence-electron chi connectivity index (χ1n) is 8.30. The van der Waals surface area contributed by atoms with Crippen molar-refractivity contribution in [2.45, 2.75) is 29.0 Å². The fourth-order valence-corrected chi connectivity index (χ4v) is 5.59. The topological polar surface area (TPSA) is 92.3 Å². The number of benzene rings is 1. The third kappa shape index (κ3) is 4.62. The summed E-state index contributed by atoms with van der Waals surface area (Å²) in [5.41, 5.74) is 0.0871. The van der Waals surface area contributed by atoms with E-state index in [-0.39, 0.29) is 15.5 Å². The second-order valence-corrected chi connectivity index (χ2v) is 10.6. The fourth-order valence-electron chi connectivity index (χ4n) is 2.72. The summed E-state index contributed by atoms with van der Waals surface area (Å²) >= 11 is 8.79. The van der Waals surface area contributed by atoms with Gasteiger partial charge in [0, 0.05) is 13.1 Å². The maximum absolute atomic E-state index is 12.9. The molecule has 0 atom stereocenters. The van der Waals surface area contributed by atoms with E-state index in [0.29, 0.717) is 28.5 Å². The molecule has 11 heteroatoms. The molecule has 2 heterocycles. The molecule has 1 aromatic heterocycles. The Morgan fingerprint density at radius 3 is 2.67 bits per heavy atom. The van der Waals surface area contributed by atoms with Gasteiger partial charge in [0.15, 0.2) is 4.34 Å². The Balaban J connectivity index is 1.84. The van der Waals surface area contributed by atoms with Crippen molar-refractivity contribution in [1.82, 2.24) is 14.5 Å². The van der Waals surface area contributed by atoms with Crippen LogP contribution in [0.3, 0.4) is 0 Å². The van der Waals surface area contributed by atoms with Gasteiger partial charge in [0.05, 0.1) is 15.5 Å². The molecule has 146 valence electrons. The van der Waals surface area contributed by atoms with Crippen LogP contribution >= 0.6 is 34.7 Å². The number of carbonyl (C=O) groups excluding carboxylic acids is 1.